The lowest BCUT2D eigenvalue weighted by atomic mass is 10.3. The first-order valence-electron chi connectivity index (χ1n) is 4.04. The lowest BCUT2D eigenvalue weighted by Crippen LogP contribution is -2.19. The van der Waals surface area contributed by atoms with Gasteiger partial charge in [0.1, 0.15) is 6.54 Å². The largest absolute Gasteiger partial charge is 0.408 e. The van der Waals surface area contributed by atoms with Gasteiger partial charge < -0.3 is 5.32 Å². The second-order valence-corrected chi connectivity index (χ2v) is 2.92. The molecule has 7 heteroatoms. The van der Waals surface area contributed by atoms with E-state index in [1.807, 2.05) is 0 Å². The van der Waals surface area contributed by atoms with E-state index >= 15 is 0 Å². The average Bonchev–Trinajstić information content (AvgIpc) is 2.34. The highest BCUT2D eigenvalue weighted by Gasteiger charge is 2.29. The minimum absolute atomic E-state index is 0.420. The van der Waals surface area contributed by atoms with Crippen LogP contribution in [-0.4, -0.2) is 28.2 Å². The number of hydrogen-bond acceptors (Lipinski definition) is 3. The predicted octanol–water partition coefficient (Wildman–Crippen LogP) is 0.868. The van der Waals surface area contributed by atoms with Crippen LogP contribution in [0.2, 0.25) is 0 Å². The maximum absolute atomic E-state index is 12.0. The summed E-state index contributed by atoms with van der Waals surface area (Å²) < 4.78 is 36.9. The number of alkyl halides is 3. The summed E-state index contributed by atoms with van der Waals surface area (Å²) in [4.78, 5) is 0. The van der Waals surface area contributed by atoms with Crippen molar-refractivity contribution in [1.82, 2.24) is 20.3 Å². The molecule has 4 nitrogen and oxygen atoms in total. The third kappa shape index (κ3) is 2.69. The summed E-state index contributed by atoms with van der Waals surface area (Å²) in [5.41, 5.74) is 0.980. The molecule has 0 bridgehead atoms. The van der Waals surface area contributed by atoms with Crippen molar-refractivity contribution in [3.63, 3.8) is 0 Å². The quantitative estimate of drug-likeness (QED) is 0.801. The highest BCUT2D eigenvalue weighted by molar-refractivity contribution is 5.07. The summed E-state index contributed by atoms with van der Waals surface area (Å²) in [6.07, 6.45) is -4.25. The summed E-state index contributed by atoms with van der Waals surface area (Å²) in [7, 11) is 1.70. The molecule has 0 aliphatic rings. The molecule has 0 saturated heterocycles. The van der Waals surface area contributed by atoms with Crippen molar-refractivity contribution >= 4 is 0 Å². The highest BCUT2D eigenvalue weighted by Crippen LogP contribution is 2.18. The molecule has 1 N–H and O–H groups in total. The van der Waals surface area contributed by atoms with Gasteiger partial charge in [-0.2, -0.15) is 13.2 Å². The monoisotopic (exact) mass is 208 g/mol. The molecular weight excluding hydrogens is 197 g/mol. The Labute approximate surface area is 79.1 Å². The maximum atomic E-state index is 12.0. The van der Waals surface area contributed by atoms with Gasteiger partial charge in [0, 0.05) is 6.54 Å². The van der Waals surface area contributed by atoms with Gasteiger partial charge in [-0.25, -0.2) is 4.68 Å². The van der Waals surface area contributed by atoms with E-state index in [1.54, 1.807) is 14.0 Å². The van der Waals surface area contributed by atoms with E-state index in [2.05, 4.69) is 15.6 Å². The zero-order chi connectivity index (χ0) is 10.8. The summed E-state index contributed by atoms with van der Waals surface area (Å²) in [6.45, 7) is 0.900. The zero-order valence-electron chi connectivity index (χ0n) is 7.89. The van der Waals surface area contributed by atoms with Gasteiger partial charge in [-0.05, 0) is 14.0 Å². The molecule has 0 aliphatic carbocycles. The van der Waals surface area contributed by atoms with Crippen LogP contribution in [0.5, 0.6) is 0 Å². The minimum atomic E-state index is -4.25. The van der Waals surface area contributed by atoms with Crippen LogP contribution in [-0.2, 0) is 13.1 Å². The normalized spacial score (nSPS) is 12.1. The molecule has 0 saturated carbocycles. The van der Waals surface area contributed by atoms with Crippen molar-refractivity contribution < 1.29 is 13.2 Å². The molecule has 0 spiro atoms. The first-order chi connectivity index (χ1) is 6.44. The van der Waals surface area contributed by atoms with Crippen molar-refractivity contribution in [3.05, 3.63) is 11.4 Å². The number of halogens is 3. The molecule has 0 aromatic carbocycles. The Hall–Kier alpha value is -1.11. The summed E-state index contributed by atoms with van der Waals surface area (Å²) in [5.74, 6) is 0. The Balaban J connectivity index is 2.79. The van der Waals surface area contributed by atoms with Crippen LogP contribution >= 0.6 is 0 Å². The minimum Gasteiger partial charge on any atom is -0.314 e. The Bertz CT molecular complexity index is 304. The molecule has 1 aromatic rings. The van der Waals surface area contributed by atoms with E-state index in [0.717, 1.165) is 4.68 Å². The number of hydrogen-bond donors (Lipinski definition) is 1. The van der Waals surface area contributed by atoms with Gasteiger partial charge in [0.05, 0.1) is 11.4 Å². The molecule has 1 rings (SSSR count). The molecule has 0 aliphatic heterocycles. The van der Waals surface area contributed by atoms with Gasteiger partial charge in [0.2, 0.25) is 0 Å². The van der Waals surface area contributed by atoms with Gasteiger partial charge in [0.25, 0.3) is 0 Å². The second kappa shape index (κ2) is 3.95. The first kappa shape index (κ1) is 11.0. The van der Waals surface area contributed by atoms with Gasteiger partial charge in [-0.15, -0.1) is 5.10 Å². The summed E-state index contributed by atoms with van der Waals surface area (Å²) in [6, 6.07) is 0. The molecular formula is C7H11F3N4. The molecule has 1 heterocycles. The topological polar surface area (TPSA) is 42.7 Å². The Morgan fingerprint density at radius 1 is 1.43 bits per heavy atom. The number of aromatic nitrogens is 3. The summed E-state index contributed by atoms with van der Waals surface area (Å²) in [5, 5.41) is 9.87. The lowest BCUT2D eigenvalue weighted by molar-refractivity contribution is -0.143. The Morgan fingerprint density at radius 3 is 2.57 bits per heavy atom. The third-order valence-corrected chi connectivity index (χ3v) is 1.75. The van der Waals surface area contributed by atoms with Gasteiger partial charge in [-0.1, -0.05) is 5.21 Å². The summed E-state index contributed by atoms with van der Waals surface area (Å²) >= 11 is 0. The van der Waals surface area contributed by atoms with Gasteiger partial charge >= 0.3 is 6.18 Å². The van der Waals surface area contributed by atoms with Crippen LogP contribution < -0.4 is 5.32 Å². The molecule has 1 aromatic heterocycles. The van der Waals surface area contributed by atoms with Crippen LogP contribution in [0.4, 0.5) is 13.2 Å². The van der Waals surface area contributed by atoms with Crippen molar-refractivity contribution in [2.75, 3.05) is 7.05 Å². The van der Waals surface area contributed by atoms with Crippen LogP contribution in [0.25, 0.3) is 0 Å². The number of rotatable bonds is 3. The van der Waals surface area contributed by atoms with E-state index in [1.165, 1.54) is 0 Å². The lowest BCUT2D eigenvalue weighted by Gasteiger charge is -2.07. The fraction of sp³-hybridized carbons (Fsp3) is 0.714. The number of nitrogens with one attached hydrogen (secondary N) is 1. The number of nitrogens with zero attached hydrogens (tertiary/aromatic N) is 3. The van der Waals surface area contributed by atoms with Crippen molar-refractivity contribution in [2.45, 2.75) is 26.2 Å². The van der Waals surface area contributed by atoms with Crippen molar-refractivity contribution in [1.29, 1.82) is 0 Å². The maximum Gasteiger partial charge on any atom is 0.408 e. The molecule has 80 valence electrons. The standard InChI is InChI=1S/C7H11F3N4/c1-5-6(3-11-2)12-13-14(5)4-7(8,9)10/h11H,3-4H2,1-2H3. The molecule has 0 fully saturated rings. The van der Waals surface area contributed by atoms with Crippen molar-refractivity contribution in [3.8, 4) is 0 Å². The predicted molar refractivity (Wildman–Crippen MR) is 43.6 cm³/mol. The third-order valence-electron chi connectivity index (χ3n) is 1.75. The van der Waals surface area contributed by atoms with E-state index in [-0.39, 0.29) is 0 Å². The molecule has 0 atom stereocenters. The fourth-order valence-electron chi connectivity index (χ4n) is 1.05. The first-order valence-corrected chi connectivity index (χ1v) is 4.04. The molecule has 0 amide bonds. The van der Waals surface area contributed by atoms with E-state index in [9.17, 15) is 13.2 Å². The fourth-order valence-corrected chi connectivity index (χ4v) is 1.05. The van der Waals surface area contributed by atoms with E-state index in [0.29, 0.717) is 17.9 Å². The molecule has 0 radical (unpaired) electrons. The van der Waals surface area contributed by atoms with Gasteiger partial charge in [0.15, 0.2) is 0 Å². The highest BCUT2D eigenvalue weighted by atomic mass is 19.4. The Morgan fingerprint density at radius 2 is 2.07 bits per heavy atom. The molecule has 14 heavy (non-hydrogen) atoms. The zero-order valence-corrected chi connectivity index (χ0v) is 7.89. The van der Waals surface area contributed by atoms with E-state index < -0.39 is 12.7 Å². The average molecular weight is 208 g/mol. The van der Waals surface area contributed by atoms with Crippen molar-refractivity contribution in [2.24, 2.45) is 0 Å². The van der Waals surface area contributed by atoms with E-state index in [4.69, 9.17) is 0 Å². The van der Waals surface area contributed by atoms with Crippen LogP contribution in [0.15, 0.2) is 0 Å². The SMILES string of the molecule is CNCc1nnn(CC(F)(F)F)c1C. The van der Waals surface area contributed by atoms with Crippen LogP contribution in [0.3, 0.4) is 0 Å². The van der Waals surface area contributed by atoms with Gasteiger partial charge in [-0.3, -0.25) is 0 Å². The second-order valence-electron chi connectivity index (χ2n) is 2.92. The Kier molecular flexibility index (Phi) is 3.10. The molecule has 0 unspecified atom stereocenters. The van der Waals surface area contributed by atoms with Crippen LogP contribution in [0, 0.1) is 6.92 Å². The smallest absolute Gasteiger partial charge is 0.314 e. The van der Waals surface area contributed by atoms with Crippen LogP contribution in [0.1, 0.15) is 11.4 Å².